The first kappa shape index (κ1) is 82.5. The predicted octanol–water partition coefficient (Wildman–Crippen LogP) is 37.9. The molecule has 24 aromatic rings. The van der Waals surface area contributed by atoms with Gasteiger partial charge in [0.2, 0.25) is 0 Å². The van der Waals surface area contributed by atoms with Crippen molar-refractivity contribution in [3.8, 4) is 66.8 Å². The van der Waals surface area contributed by atoms with Crippen molar-refractivity contribution in [2.75, 3.05) is 19.6 Å². The molecule has 0 saturated heterocycles. The topological polar surface area (TPSA) is 13.0 Å². The molecule has 0 N–H and O–H groups in total. The Morgan fingerprint density at radius 1 is 0.143 bits per heavy atom. The third kappa shape index (κ3) is 12.4. The van der Waals surface area contributed by atoms with Crippen molar-refractivity contribution in [2.45, 2.75) is 77.0 Å². The molecule has 4 aliphatic rings. The zero-order valence-electron chi connectivity index (χ0n) is 79.7. The summed E-state index contributed by atoms with van der Waals surface area (Å²) < 4.78 is 0. The van der Waals surface area contributed by atoms with E-state index >= 15 is 0 Å². The molecule has 0 bridgehead atoms. The Balaban J connectivity index is 0.000000141. The maximum atomic E-state index is 2.56. The normalized spacial score (nSPS) is 13.9. The second kappa shape index (κ2) is 31.3. The molecule has 4 aliphatic carbocycles. The zero-order valence-corrected chi connectivity index (χ0v) is 79.7. The Kier molecular flexibility index (Phi) is 18.5. The van der Waals surface area contributed by atoms with Crippen LogP contribution in [0.2, 0.25) is 0 Å². The standard InChI is InChI=1S/C70H52N2.C66H48N2/c1-69(2)59-31-13-11-27-53(59)55-29-17-33-63(67(55)69)71(51-25-15-23-49(43-51)45-19-7-5-8-20-45)61-41-37-47-36-40-58-62(42-38-48-35-39-57(61)65(47)66(48)58)72(52-26-16-24-50(44-52)46-21-9-6-10-22-46)64-34-18-30-56-54-28-12-14-32-60(54)70(3,4)68(56)64;1-65(2)55-23-11-9-19-49(55)51-21-13-25-59(63(51)65)67(47-33-27-41-15-5-7-17-45(41)39-47)57-37-31-43-30-36-54-58(38-32-44-29-35-53(57)61(43)62(44)54)68(48-34-28-42-16-6-8-18-46(42)40-48)60-26-14-22-52-50-20-10-12-24-56(50)66(3,4)64(52)60/h5-44H,1-4H3;5-40H,1-4H3. The van der Waals surface area contributed by atoms with E-state index in [0.717, 1.165) is 34.1 Å². The summed E-state index contributed by atoms with van der Waals surface area (Å²) in [5.41, 5.74) is 39.2. The molecule has 0 unspecified atom stereocenters. The number of nitrogens with zero attached hydrogens (tertiary/aromatic N) is 4. The fourth-order valence-corrected chi connectivity index (χ4v) is 25.5. The Bertz CT molecular complexity index is 8700. The van der Waals surface area contributed by atoms with Crippen LogP contribution in [0.1, 0.15) is 99.9 Å². The van der Waals surface area contributed by atoms with E-state index in [1.165, 1.54) is 232 Å². The van der Waals surface area contributed by atoms with Gasteiger partial charge >= 0.3 is 0 Å². The number of hydrogen-bond donors (Lipinski definition) is 0. The molecule has 140 heavy (non-hydrogen) atoms. The van der Waals surface area contributed by atoms with Gasteiger partial charge in [-0.05, 0) is 273 Å². The summed E-state index contributed by atoms with van der Waals surface area (Å²) in [5, 5.41) is 19.8. The van der Waals surface area contributed by atoms with Gasteiger partial charge in [0, 0.05) is 66.0 Å². The summed E-state index contributed by atoms with van der Waals surface area (Å²) in [7, 11) is 0. The summed E-state index contributed by atoms with van der Waals surface area (Å²) in [6.45, 7) is 19.2. The Hall–Kier alpha value is -16.9. The first-order valence-corrected chi connectivity index (χ1v) is 49.3. The van der Waals surface area contributed by atoms with Gasteiger partial charge in [-0.2, -0.15) is 0 Å². The molecule has 4 nitrogen and oxygen atoms in total. The van der Waals surface area contributed by atoms with Crippen molar-refractivity contribution in [3.05, 3.63) is 506 Å². The SMILES string of the molecule is CC1(C)c2ccccc2-c2cccc(N(c3ccc4ccccc4c3)c3ccc4ccc5c(N(c6ccc7ccccc7c6)c6cccc7c6C(C)(C)c6ccccc6-7)ccc6ccc3c4c65)c21.CC1(C)c2ccccc2-c2cccc(N(c3cccc(-c4ccccc4)c3)c3ccc4ccc5c(N(c6cccc(-c7ccccc7)c6)c6cccc7c6C(C)(C)c6ccccc6-7)ccc6ccc3c4c65)c21. The Morgan fingerprint density at radius 2 is 0.364 bits per heavy atom. The smallest absolute Gasteiger partial charge is 0.0540 e. The molecule has 0 aromatic heterocycles. The van der Waals surface area contributed by atoms with E-state index in [1.54, 1.807) is 0 Å². The second-order valence-electron chi connectivity index (χ2n) is 40.9. The minimum atomic E-state index is -0.231. The lowest BCUT2D eigenvalue weighted by molar-refractivity contribution is 0.660. The van der Waals surface area contributed by atoms with E-state index in [1.807, 2.05) is 0 Å². The Morgan fingerprint density at radius 3 is 0.657 bits per heavy atom. The summed E-state index contributed by atoms with van der Waals surface area (Å²) in [5.74, 6) is 0. The molecular formula is C136H100N4. The molecule has 0 atom stereocenters. The lowest BCUT2D eigenvalue weighted by atomic mass is 9.81. The molecule has 0 saturated carbocycles. The van der Waals surface area contributed by atoms with E-state index in [9.17, 15) is 0 Å². The largest absolute Gasteiger partial charge is 0.310 e. The highest BCUT2D eigenvalue weighted by molar-refractivity contribution is 6.30. The van der Waals surface area contributed by atoms with Gasteiger partial charge in [-0.25, -0.2) is 0 Å². The highest BCUT2D eigenvalue weighted by Crippen LogP contribution is 2.63. The highest BCUT2D eigenvalue weighted by atomic mass is 15.2. The first-order valence-electron chi connectivity index (χ1n) is 49.3. The number of rotatable bonds is 14. The van der Waals surface area contributed by atoms with Crippen LogP contribution < -0.4 is 19.6 Å². The van der Waals surface area contributed by atoms with Crippen LogP contribution in [0.25, 0.3) is 153 Å². The monoisotopic (exact) mass is 1790 g/mol. The molecule has 0 amide bonds. The van der Waals surface area contributed by atoms with E-state index in [0.29, 0.717) is 0 Å². The van der Waals surface area contributed by atoms with Crippen molar-refractivity contribution in [1.82, 2.24) is 0 Å². The van der Waals surface area contributed by atoms with Gasteiger partial charge in [0.15, 0.2) is 0 Å². The summed E-state index contributed by atoms with van der Waals surface area (Å²) in [6, 6.07) is 173. The van der Waals surface area contributed by atoms with Crippen LogP contribution in [0.5, 0.6) is 0 Å². The van der Waals surface area contributed by atoms with Gasteiger partial charge in [0.25, 0.3) is 0 Å². The average molecular weight is 1790 g/mol. The maximum absolute atomic E-state index is 2.56. The fraction of sp³-hybridized carbons (Fsp3) is 0.0882. The van der Waals surface area contributed by atoms with E-state index < -0.39 is 0 Å². The Labute approximate surface area is 817 Å². The van der Waals surface area contributed by atoms with Gasteiger partial charge < -0.3 is 19.6 Å². The van der Waals surface area contributed by atoms with Gasteiger partial charge in [-0.15, -0.1) is 0 Å². The van der Waals surface area contributed by atoms with Crippen LogP contribution in [0.3, 0.4) is 0 Å². The molecule has 0 spiro atoms. The van der Waals surface area contributed by atoms with Crippen molar-refractivity contribution in [2.24, 2.45) is 0 Å². The third-order valence-corrected chi connectivity index (χ3v) is 31.8. The van der Waals surface area contributed by atoms with Crippen molar-refractivity contribution >= 4 is 154 Å². The van der Waals surface area contributed by atoms with Gasteiger partial charge in [-0.1, -0.05) is 419 Å². The zero-order chi connectivity index (χ0) is 93.8. The molecule has 24 aromatic carbocycles. The quantitative estimate of drug-likeness (QED) is 0.101. The molecule has 664 valence electrons. The number of anilines is 12. The minimum Gasteiger partial charge on any atom is -0.310 e. The summed E-state index contributed by atoms with van der Waals surface area (Å²) in [4.78, 5) is 10.2. The minimum absolute atomic E-state index is 0.212. The summed E-state index contributed by atoms with van der Waals surface area (Å²) in [6.07, 6.45) is 0. The van der Waals surface area contributed by atoms with Gasteiger partial charge in [0.1, 0.15) is 0 Å². The molecule has 28 rings (SSSR count). The summed E-state index contributed by atoms with van der Waals surface area (Å²) >= 11 is 0. The van der Waals surface area contributed by atoms with E-state index in [4.69, 9.17) is 0 Å². The number of hydrogen-bond acceptors (Lipinski definition) is 4. The van der Waals surface area contributed by atoms with Crippen LogP contribution >= 0.6 is 0 Å². The van der Waals surface area contributed by atoms with Crippen molar-refractivity contribution < 1.29 is 0 Å². The molecular weight excluding hydrogens is 1690 g/mol. The highest BCUT2D eigenvalue weighted by Gasteiger charge is 2.45. The number of benzene rings is 24. The van der Waals surface area contributed by atoms with E-state index in [-0.39, 0.29) is 21.7 Å². The van der Waals surface area contributed by atoms with Crippen LogP contribution in [-0.2, 0) is 21.7 Å². The third-order valence-electron chi connectivity index (χ3n) is 31.8. The molecule has 0 aliphatic heterocycles. The fourth-order valence-electron chi connectivity index (χ4n) is 25.5. The van der Waals surface area contributed by atoms with Gasteiger partial charge in [-0.3, -0.25) is 0 Å². The van der Waals surface area contributed by atoms with Crippen molar-refractivity contribution in [3.63, 3.8) is 0 Å². The number of fused-ring (bicyclic) bond motifs is 14. The second-order valence-corrected chi connectivity index (χ2v) is 40.9. The van der Waals surface area contributed by atoms with Crippen LogP contribution in [0.4, 0.5) is 68.2 Å². The van der Waals surface area contributed by atoms with Gasteiger partial charge in [0.05, 0.1) is 45.5 Å². The van der Waals surface area contributed by atoms with E-state index in [2.05, 4.69) is 536 Å². The molecule has 0 heterocycles. The van der Waals surface area contributed by atoms with Crippen LogP contribution in [0.15, 0.2) is 461 Å². The van der Waals surface area contributed by atoms with Crippen LogP contribution in [0, 0.1) is 0 Å². The lowest BCUT2D eigenvalue weighted by Crippen LogP contribution is -2.21. The average Bonchev–Trinajstić information content (AvgIpc) is 1.32. The molecule has 4 heteroatoms. The predicted molar refractivity (Wildman–Crippen MR) is 595 cm³/mol. The maximum Gasteiger partial charge on any atom is 0.0540 e. The molecule has 0 fully saturated rings. The molecule has 0 radical (unpaired) electrons. The van der Waals surface area contributed by atoms with Crippen molar-refractivity contribution in [1.29, 1.82) is 0 Å². The first-order chi connectivity index (χ1) is 68.5. The lowest BCUT2D eigenvalue weighted by Gasteiger charge is -2.34. The van der Waals surface area contributed by atoms with Crippen LogP contribution in [-0.4, -0.2) is 0 Å².